The topological polar surface area (TPSA) is 102 Å². The zero-order chi connectivity index (χ0) is 27.2. The van der Waals surface area contributed by atoms with E-state index >= 15 is 0 Å². The molecule has 1 N–H and O–H groups in total. The van der Waals surface area contributed by atoms with Crippen molar-refractivity contribution in [3.05, 3.63) is 76.2 Å². The molecule has 2 aromatic rings. The predicted octanol–water partition coefficient (Wildman–Crippen LogP) is 4.37. The van der Waals surface area contributed by atoms with E-state index in [9.17, 15) is 9.59 Å². The van der Waals surface area contributed by atoms with E-state index in [2.05, 4.69) is 10.3 Å². The first-order chi connectivity index (χ1) is 18.3. The Kier molecular flexibility index (Phi) is 8.73. The van der Waals surface area contributed by atoms with Crippen molar-refractivity contribution < 1.29 is 23.8 Å². The van der Waals surface area contributed by atoms with Crippen LogP contribution in [0.2, 0.25) is 0 Å². The Hall–Kier alpha value is -3.79. The fraction of sp³-hybridized carbons (Fsp3) is 0.357. The van der Waals surface area contributed by atoms with Crippen molar-refractivity contribution in [2.45, 2.75) is 45.8 Å². The fourth-order valence-corrected chi connectivity index (χ4v) is 5.32. The van der Waals surface area contributed by atoms with Crippen LogP contribution in [0, 0.1) is 0 Å². The van der Waals surface area contributed by atoms with Crippen LogP contribution in [0.25, 0.3) is 0 Å². The van der Waals surface area contributed by atoms with E-state index < -0.39 is 12.0 Å². The molecule has 0 spiro atoms. The van der Waals surface area contributed by atoms with Gasteiger partial charge in [-0.3, -0.25) is 9.78 Å². The minimum atomic E-state index is -0.624. The lowest BCUT2D eigenvalue weighted by molar-refractivity contribution is -0.143. The van der Waals surface area contributed by atoms with Crippen molar-refractivity contribution in [1.29, 1.82) is 0 Å². The number of ether oxygens (including phenoxy) is 3. The van der Waals surface area contributed by atoms with Gasteiger partial charge in [-0.25, -0.2) is 9.79 Å². The quantitative estimate of drug-likeness (QED) is 0.447. The van der Waals surface area contributed by atoms with Crippen molar-refractivity contribution in [2.75, 3.05) is 20.8 Å². The molecule has 4 rings (SSSR count). The highest BCUT2D eigenvalue weighted by Crippen LogP contribution is 2.47. The summed E-state index contributed by atoms with van der Waals surface area (Å²) in [6, 6.07) is 10.5. The Labute approximate surface area is 227 Å². The normalized spacial score (nSPS) is 16.6. The minimum Gasteiger partial charge on any atom is -0.497 e. The summed E-state index contributed by atoms with van der Waals surface area (Å²) in [5.41, 5.74) is 3.28. The molecule has 0 saturated carbocycles. The molecule has 0 unspecified atom stereocenters. The lowest BCUT2D eigenvalue weighted by Crippen LogP contribution is -2.38. The molecule has 0 radical (unpaired) electrons. The number of allylic oxidation sites excluding steroid dienone is 1. The van der Waals surface area contributed by atoms with Crippen molar-refractivity contribution in [1.82, 2.24) is 15.2 Å². The minimum absolute atomic E-state index is 0.114. The SMILES string of the molecule is COc1ccc(OC)c([C@@H]2C(C(=O)OC(C)C)=C(C)N=C3SC=C(CC(=O)NCCc4ccccn4)N32)c1. The van der Waals surface area contributed by atoms with Crippen LogP contribution in [0.1, 0.15) is 44.5 Å². The number of carbonyl (C=O) groups excluding carboxylic acids is 2. The lowest BCUT2D eigenvalue weighted by atomic mass is 9.92. The van der Waals surface area contributed by atoms with Crippen LogP contribution in [-0.4, -0.2) is 53.8 Å². The van der Waals surface area contributed by atoms with Crippen LogP contribution in [0.3, 0.4) is 0 Å². The summed E-state index contributed by atoms with van der Waals surface area (Å²) in [5, 5.41) is 5.55. The number of aliphatic imine (C=N–C) groups is 1. The third-order valence-corrected chi connectivity index (χ3v) is 6.95. The molecule has 1 atom stereocenters. The molecule has 9 nitrogen and oxygen atoms in total. The number of methoxy groups -OCH3 is 2. The smallest absolute Gasteiger partial charge is 0.338 e. The van der Waals surface area contributed by atoms with Gasteiger partial charge < -0.3 is 24.4 Å². The number of rotatable bonds is 10. The number of benzene rings is 1. The highest BCUT2D eigenvalue weighted by atomic mass is 32.2. The summed E-state index contributed by atoms with van der Waals surface area (Å²) >= 11 is 1.42. The number of hydrogen-bond donors (Lipinski definition) is 1. The van der Waals surface area contributed by atoms with Gasteiger partial charge in [0.25, 0.3) is 0 Å². The van der Waals surface area contributed by atoms with Gasteiger partial charge in [-0.2, -0.15) is 0 Å². The highest BCUT2D eigenvalue weighted by molar-refractivity contribution is 8.16. The Bertz CT molecular complexity index is 1290. The second kappa shape index (κ2) is 12.2. The second-order valence-corrected chi connectivity index (χ2v) is 9.89. The predicted molar refractivity (Wildman–Crippen MR) is 147 cm³/mol. The molecular formula is C28H32N4O5S. The molecule has 0 bridgehead atoms. The van der Waals surface area contributed by atoms with E-state index in [0.29, 0.717) is 46.5 Å². The third-order valence-electron chi connectivity index (χ3n) is 6.07. The Balaban J connectivity index is 1.64. The van der Waals surface area contributed by atoms with Gasteiger partial charge in [0, 0.05) is 36.1 Å². The summed E-state index contributed by atoms with van der Waals surface area (Å²) in [6.07, 6.45) is 2.17. The average Bonchev–Trinajstić information content (AvgIpc) is 3.29. The lowest BCUT2D eigenvalue weighted by Gasteiger charge is -2.37. The number of hydrogen-bond acceptors (Lipinski definition) is 9. The van der Waals surface area contributed by atoms with Gasteiger partial charge >= 0.3 is 5.97 Å². The van der Waals surface area contributed by atoms with Gasteiger partial charge in [-0.1, -0.05) is 17.8 Å². The number of amides is 1. The van der Waals surface area contributed by atoms with Crippen LogP contribution in [0.4, 0.5) is 0 Å². The molecule has 38 heavy (non-hydrogen) atoms. The first-order valence-electron chi connectivity index (χ1n) is 12.4. The maximum Gasteiger partial charge on any atom is 0.338 e. The number of fused-ring (bicyclic) bond motifs is 1. The summed E-state index contributed by atoms with van der Waals surface area (Å²) in [4.78, 5) is 37.3. The largest absolute Gasteiger partial charge is 0.497 e. The zero-order valence-electron chi connectivity index (χ0n) is 22.2. The van der Waals surface area contributed by atoms with E-state index in [4.69, 9.17) is 19.2 Å². The fourth-order valence-electron chi connectivity index (χ4n) is 4.36. The number of nitrogens with zero attached hydrogens (tertiary/aromatic N) is 3. The maximum atomic E-state index is 13.4. The van der Waals surface area contributed by atoms with Gasteiger partial charge in [-0.05, 0) is 56.5 Å². The summed E-state index contributed by atoms with van der Waals surface area (Å²) in [6.45, 7) is 5.87. The molecule has 0 aliphatic carbocycles. The molecule has 10 heteroatoms. The van der Waals surface area contributed by atoms with Gasteiger partial charge in [0.15, 0.2) is 5.17 Å². The monoisotopic (exact) mass is 536 g/mol. The first kappa shape index (κ1) is 27.3. The molecule has 1 aromatic carbocycles. The van der Waals surface area contributed by atoms with Crippen molar-refractivity contribution in [3.8, 4) is 11.5 Å². The van der Waals surface area contributed by atoms with Gasteiger partial charge in [0.2, 0.25) is 5.91 Å². The maximum absolute atomic E-state index is 13.4. The van der Waals surface area contributed by atoms with E-state index in [1.807, 2.05) is 34.6 Å². The first-order valence-corrected chi connectivity index (χ1v) is 13.2. The number of nitrogens with one attached hydrogen (secondary N) is 1. The van der Waals surface area contributed by atoms with Crippen LogP contribution in [0.5, 0.6) is 11.5 Å². The van der Waals surface area contributed by atoms with Crippen LogP contribution < -0.4 is 14.8 Å². The molecule has 0 saturated heterocycles. The molecule has 0 fully saturated rings. The number of thioether (sulfide) groups is 1. The van der Waals surface area contributed by atoms with E-state index in [1.54, 1.807) is 53.3 Å². The molecule has 3 heterocycles. The van der Waals surface area contributed by atoms with Crippen LogP contribution in [0.15, 0.2) is 70.0 Å². The molecule has 1 aromatic heterocycles. The van der Waals surface area contributed by atoms with Gasteiger partial charge in [0.1, 0.15) is 11.5 Å². The highest BCUT2D eigenvalue weighted by Gasteiger charge is 2.42. The second-order valence-electron chi connectivity index (χ2n) is 9.05. The summed E-state index contributed by atoms with van der Waals surface area (Å²) in [5.74, 6) is 0.591. The standard InChI is InChI=1S/C28H32N4O5S/c1-17(2)37-27(34)25-18(3)31-28-32(26(25)22-15-21(35-4)9-10-23(22)36-5)20(16-38-28)14-24(33)30-13-11-19-8-6-7-12-29-19/h6-10,12,15-17,26H,11,13-14H2,1-5H3,(H,30,33)/t26-/m1/s1. The van der Waals surface area contributed by atoms with Crippen LogP contribution in [-0.2, 0) is 20.7 Å². The van der Waals surface area contributed by atoms with E-state index in [-0.39, 0.29) is 18.4 Å². The third kappa shape index (κ3) is 6.02. The number of esters is 1. The molecule has 2 aliphatic heterocycles. The summed E-state index contributed by atoms with van der Waals surface area (Å²) in [7, 11) is 3.16. The Morgan fingerprint density at radius 1 is 1.16 bits per heavy atom. The van der Waals surface area contributed by atoms with Crippen molar-refractivity contribution in [2.24, 2.45) is 4.99 Å². The van der Waals surface area contributed by atoms with Crippen molar-refractivity contribution in [3.63, 3.8) is 0 Å². The van der Waals surface area contributed by atoms with E-state index in [0.717, 1.165) is 11.4 Å². The average molecular weight is 537 g/mol. The molecule has 200 valence electrons. The van der Waals surface area contributed by atoms with Gasteiger partial charge in [0.05, 0.1) is 44.1 Å². The molecule has 2 aliphatic rings. The number of carbonyl (C=O) groups is 2. The number of aromatic nitrogens is 1. The Morgan fingerprint density at radius 2 is 1.97 bits per heavy atom. The van der Waals surface area contributed by atoms with Crippen molar-refractivity contribution >= 4 is 28.8 Å². The van der Waals surface area contributed by atoms with E-state index in [1.165, 1.54) is 11.8 Å². The number of pyridine rings is 1. The Morgan fingerprint density at radius 3 is 2.66 bits per heavy atom. The molecule has 1 amide bonds. The zero-order valence-corrected chi connectivity index (χ0v) is 23.0. The molecular weight excluding hydrogens is 504 g/mol. The number of amidine groups is 1. The summed E-state index contributed by atoms with van der Waals surface area (Å²) < 4.78 is 16.8. The van der Waals surface area contributed by atoms with Crippen LogP contribution >= 0.6 is 11.8 Å². The van der Waals surface area contributed by atoms with Gasteiger partial charge in [-0.15, -0.1) is 0 Å².